The summed E-state index contributed by atoms with van der Waals surface area (Å²) >= 11 is 0. The molecule has 0 spiro atoms. The highest BCUT2D eigenvalue weighted by Gasteiger charge is 2.45. The van der Waals surface area contributed by atoms with Gasteiger partial charge in [-0.25, -0.2) is 0 Å². The van der Waals surface area contributed by atoms with E-state index in [1.165, 1.54) is 12.1 Å². The maximum Gasteiger partial charge on any atom is 0.244 e. The van der Waals surface area contributed by atoms with Crippen LogP contribution >= 0.6 is 0 Å². The highest BCUT2D eigenvalue weighted by molar-refractivity contribution is 6.00. The minimum atomic E-state index is -1.12. The van der Waals surface area contributed by atoms with E-state index in [0.717, 1.165) is 31.2 Å². The van der Waals surface area contributed by atoms with Gasteiger partial charge in [-0.15, -0.1) is 0 Å². The molecule has 0 saturated heterocycles. The summed E-state index contributed by atoms with van der Waals surface area (Å²) < 4.78 is 12.6. The van der Waals surface area contributed by atoms with Crippen molar-refractivity contribution in [1.29, 1.82) is 0 Å². The van der Waals surface area contributed by atoms with E-state index in [1.807, 2.05) is 30.3 Å². The number of ether oxygens (including phenoxy) is 2. The molecule has 24 heavy (non-hydrogen) atoms. The first-order chi connectivity index (χ1) is 11.7. The van der Waals surface area contributed by atoms with Crippen LogP contribution in [0.5, 0.6) is 11.5 Å². The number of Topliss-reactive ketones (excluding diaryl/α,β-unsaturated/α-hetero) is 1. The number of carbonyl (C=O) groups is 1. The molecule has 1 saturated carbocycles. The van der Waals surface area contributed by atoms with Gasteiger partial charge < -0.3 is 14.6 Å². The van der Waals surface area contributed by atoms with Crippen LogP contribution in [-0.2, 0) is 10.5 Å². The number of carbonyl (C=O) groups excluding carboxylic acids is 1. The summed E-state index contributed by atoms with van der Waals surface area (Å²) in [5.74, 6) is -0.689. The van der Waals surface area contributed by atoms with Crippen molar-refractivity contribution >= 4 is 5.78 Å². The Hall–Kier alpha value is -2.33. The molecule has 124 valence electrons. The van der Waals surface area contributed by atoms with Crippen molar-refractivity contribution in [1.82, 2.24) is 0 Å². The summed E-state index contributed by atoms with van der Waals surface area (Å²) in [7, 11) is 0. The van der Waals surface area contributed by atoms with Crippen molar-refractivity contribution in [3.8, 4) is 11.5 Å². The molecule has 2 aromatic carbocycles. The van der Waals surface area contributed by atoms with Gasteiger partial charge in [0.05, 0.1) is 18.1 Å². The van der Waals surface area contributed by atoms with Crippen LogP contribution in [-0.4, -0.2) is 17.0 Å². The van der Waals surface area contributed by atoms with Gasteiger partial charge in [0.2, 0.25) is 5.79 Å². The van der Waals surface area contributed by atoms with E-state index in [4.69, 9.17) is 9.47 Å². The number of hydrogen-bond acceptors (Lipinski definition) is 4. The summed E-state index contributed by atoms with van der Waals surface area (Å²) in [6.45, 7) is 0. The number of phenolic OH excluding ortho intramolecular Hbond substituents is 1. The molecule has 1 atom stereocenters. The van der Waals surface area contributed by atoms with Crippen LogP contribution in [0.15, 0.2) is 48.5 Å². The molecule has 4 heteroatoms. The zero-order valence-electron chi connectivity index (χ0n) is 13.4. The van der Waals surface area contributed by atoms with Crippen LogP contribution in [0.4, 0.5) is 0 Å². The first-order valence-electron chi connectivity index (χ1n) is 8.45. The highest BCUT2D eigenvalue weighted by Crippen LogP contribution is 2.43. The van der Waals surface area contributed by atoms with Gasteiger partial charge in [-0.05, 0) is 25.0 Å². The lowest BCUT2D eigenvalue weighted by Gasteiger charge is -2.39. The van der Waals surface area contributed by atoms with Crippen molar-refractivity contribution in [2.45, 2.75) is 44.0 Å². The molecular formula is C20H20O4. The molecule has 1 heterocycles. The molecule has 1 N–H and O–H groups in total. The number of phenols is 1. The summed E-state index contributed by atoms with van der Waals surface area (Å²) in [6.07, 6.45) is 4.49. The fraction of sp³-hybridized carbons (Fsp3) is 0.350. The van der Waals surface area contributed by atoms with Crippen molar-refractivity contribution in [3.05, 3.63) is 59.7 Å². The van der Waals surface area contributed by atoms with Crippen LogP contribution in [0.3, 0.4) is 0 Å². The zero-order valence-corrected chi connectivity index (χ0v) is 13.4. The van der Waals surface area contributed by atoms with Crippen LogP contribution in [0.1, 0.15) is 48.0 Å². The van der Waals surface area contributed by atoms with Gasteiger partial charge in [-0.2, -0.15) is 0 Å². The fourth-order valence-corrected chi connectivity index (χ4v) is 3.61. The van der Waals surface area contributed by atoms with Gasteiger partial charge in [-0.1, -0.05) is 43.2 Å². The molecule has 0 amide bonds. The first-order valence-corrected chi connectivity index (χ1v) is 8.45. The average molecular weight is 324 g/mol. The third-order valence-electron chi connectivity index (χ3n) is 4.81. The number of hydrogen-bond donors (Lipinski definition) is 1. The number of ketones is 1. The average Bonchev–Trinajstić information content (AvgIpc) is 3.08. The fourth-order valence-electron chi connectivity index (χ4n) is 3.61. The predicted octanol–water partition coefficient (Wildman–Crippen LogP) is 4.17. The number of rotatable bonds is 3. The maximum atomic E-state index is 12.7. The number of fused-ring (bicyclic) bond motifs is 1. The van der Waals surface area contributed by atoms with Gasteiger partial charge in [0.15, 0.2) is 5.78 Å². The Bertz CT molecular complexity index is 749. The molecule has 1 fully saturated rings. The third kappa shape index (κ3) is 2.67. The molecule has 0 radical (unpaired) electrons. The molecule has 0 bridgehead atoms. The van der Waals surface area contributed by atoms with E-state index in [2.05, 4.69) is 0 Å². The lowest BCUT2D eigenvalue weighted by atomic mass is 9.92. The molecule has 4 nitrogen and oxygen atoms in total. The Balaban J connectivity index is 1.77. The van der Waals surface area contributed by atoms with Gasteiger partial charge in [-0.3, -0.25) is 4.79 Å². The van der Waals surface area contributed by atoms with E-state index < -0.39 is 5.79 Å². The largest absolute Gasteiger partial charge is 0.508 e. The quantitative estimate of drug-likeness (QED) is 0.920. The van der Waals surface area contributed by atoms with E-state index in [0.29, 0.717) is 11.3 Å². The van der Waals surface area contributed by atoms with E-state index in [-0.39, 0.29) is 24.1 Å². The second-order valence-electron chi connectivity index (χ2n) is 6.53. The molecule has 1 aliphatic heterocycles. The summed E-state index contributed by atoms with van der Waals surface area (Å²) in [5, 5.41) is 9.77. The summed E-state index contributed by atoms with van der Waals surface area (Å²) in [5.41, 5.74) is 1.33. The van der Waals surface area contributed by atoms with Crippen LogP contribution in [0, 0.1) is 0 Å². The Morgan fingerprint density at radius 3 is 2.58 bits per heavy atom. The van der Waals surface area contributed by atoms with Crippen LogP contribution in [0.2, 0.25) is 0 Å². The Kier molecular flexibility index (Phi) is 3.77. The van der Waals surface area contributed by atoms with Crippen molar-refractivity contribution in [2.75, 3.05) is 0 Å². The smallest absolute Gasteiger partial charge is 0.244 e. The predicted molar refractivity (Wildman–Crippen MR) is 89.1 cm³/mol. The number of aromatic hydroxyl groups is 1. The Labute approximate surface area is 141 Å². The zero-order chi connectivity index (χ0) is 16.6. The first kappa shape index (κ1) is 15.2. The standard InChI is InChI=1S/C20H20O4/c21-15-10-11-17-18(22)13-20(24-19(17)12-15,14-6-2-1-3-7-14)23-16-8-4-5-9-16/h1-3,6-7,10-12,16,21H,4-5,8-9,13H2. The van der Waals surface area contributed by atoms with Crippen molar-refractivity contribution < 1.29 is 19.4 Å². The van der Waals surface area contributed by atoms with E-state index in [9.17, 15) is 9.90 Å². The van der Waals surface area contributed by atoms with Crippen LogP contribution in [0.25, 0.3) is 0 Å². The topological polar surface area (TPSA) is 55.8 Å². The second-order valence-corrected chi connectivity index (χ2v) is 6.53. The lowest BCUT2D eigenvalue weighted by molar-refractivity contribution is -0.219. The molecule has 1 unspecified atom stereocenters. The molecule has 2 aliphatic rings. The van der Waals surface area contributed by atoms with Crippen LogP contribution < -0.4 is 4.74 Å². The molecular weight excluding hydrogens is 304 g/mol. The molecule has 0 aromatic heterocycles. The third-order valence-corrected chi connectivity index (χ3v) is 4.81. The monoisotopic (exact) mass is 324 g/mol. The Morgan fingerprint density at radius 2 is 1.83 bits per heavy atom. The second kappa shape index (κ2) is 5.95. The summed E-state index contributed by atoms with van der Waals surface area (Å²) in [6, 6.07) is 14.2. The van der Waals surface area contributed by atoms with Crippen molar-refractivity contribution in [2.24, 2.45) is 0 Å². The van der Waals surface area contributed by atoms with Gasteiger partial charge in [0.1, 0.15) is 11.5 Å². The SMILES string of the molecule is O=C1CC(OC2CCCC2)(c2ccccc2)Oc2cc(O)ccc21. The summed E-state index contributed by atoms with van der Waals surface area (Å²) in [4.78, 5) is 12.7. The van der Waals surface area contributed by atoms with Gasteiger partial charge >= 0.3 is 0 Å². The molecule has 2 aromatic rings. The normalized spacial score (nSPS) is 23.8. The van der Waals surface area contributed by atoms with Crippen molar-refractivity contribution in [3.63, 3.8) is 0 Å². The maximum absolute atomic E-state index is 12.7. The van der Waals surface area contributed by atoms with Gasteiger partial charge in [0.25, 0.3) is 0 Å². The van der Waals surface area contributed by atoms with E-state index >= 15 is 0 Å². The minimum Gasteiger partial charge on any atom is -0.508 e. The van der Waals surface area contributed by atoms with Gasteiger partial charge in [0, 0.05) is 11.6 Å². The number of benzene rings is 2. The van der Waals surface area contributed by atoms with E-state index in [1.54, 1.807) is 6.07 Å². The lowest BCUT2D eigenvalue weighted by Crippen LogP contribution is -2.44. The minimum absolute atomic E-state index is 0.0295. The Morgan fingerprint density at radius 1 is 1.08 bits per heavy atom. The molecule has 4 rings (SSSR count). The highest BCUT2D eigenvalue weighted by atomic mass is 16.7. The molecule has 1 aliphatic carbocycles.